The van der Waals surface area contributed by atoms with Gasteiger partial charge in [0.05, 0.1) is 0 Å². The van der Waals surface area contributed by atoms with E-state index in [1.807, 2.05) is 38.1 Å². The summed E-state index contributed by atoms with van der Waals surface area (Å²) in [7, 11) is 0. The molecule has 0 unspecified atom stereocenters. The highest BCUT2D eigenvalue weighted by molar-refractivity contribution is 9.10. The fourth-order valence-electron chi connectivity index (χ4n) is 2.57. The number of nitrogens with one attached hydrogen (secondary N) is 1. The van der Waals surface area contributed by atoms with E-state index in [2.05, 4.69) is 21.2 Å². The maximum absolute atomic E-state index is 12.1. The number of allylic oxidation sites excluding steroid dienone is 1. The molecule has 1 N–H and O–H groups in total. The van der Waals surface area contributed by atoms with Crippen LogP contribution in [0.3, 0.4) is 0 Å². The molecule has 116 valence electrons. The Hall–Kier alpha value is -1.75. The van der Waals surface area contributed by atoms with Crippen LogP contribution in [0.15, 0.2) is 41.0 Å². The smallest absolute Gasteiger partial charge is 0.175 e. The van der Waals surface area contributed by atoms with Crippen LogP contribution in [0.1, 0.15) is 26.7 Å². The lowest BCUT2D eigenvalue weighted by atomic mass is 9.70. The molecule has 0 radical (unpaired) electrons. The van der Waals surface area contributed by atoms with E-state index in [0.29, 0.717) is 0 Å². The zero-order chi connectivity index (χ0) is 16.3. The molecule has 1 aliphatic rings. The molecule has 5 heteroatoms. The van der Waals surface area contributed by atoms with Crippen molar-refractivity contribution in [2.75, 3.05) is 5.32 Å². The van der Waals surface area contributed by atoms with Gasteiger partial charge in [-0.3, -0.25) is 14.4 Å². The van der Waals surface area contributed by atoms with Crippen molar-refractivity contribution >= 4 is 39.0 Å². The number of hydrogen-bond donors (Lipinski definition) is 1. The number of benzene rings is 1. The molecule has 4 nitrogen and oxygen atoms in total. The quantitative estimate of drug-likeness (QED) is 0.656. The van der Waals surface area contributed by atoms with E-state index in [1.54, 1.807) is 0 Å². The van der Waals surface area contributed by atoms with Gasteiger partial charge in [0.2, 0.25) is 0 Å². The fourth-order valence-corrected chi connectivity index (χ4v) is 2.83. The lowest BCUT2D eigenvalue weighted by Crippen LogP contribution is -2.41. The van der Waals surface area contributed by atoms with Crippen molar-refractivity contribution in [3.8, 4) is 0 Å². The van der Waals surface area contributed by atoms with Gasteiger partial charge in [-0.2, -0.15) is 0 Å². The molecule has 1 aromatic carbocycles. The summed E-state index contributed by atoms with van der Waals surface area (Å²) in [4.78, 5) is 36.2. The largest absolute Gasteiger partial charge is 0.362 e. The summed E-state index contributed by atoms with van der Waals surface area (Å²) in [5, 5.41) is 2.94. The molecule has 22 heavy (non-hydrogen) atoms. The second kappa shape index (κ2) is 6.57. The van der Waals surface area contributed by atoms with Gasteiger partial charge in [-0.15, -0.1) is 0 Å². The van der Waals surface area contributed by atoms with Gasteiger partial charge in [-0.05, 0) is 35.8 Å². The van der Waals surface area contributed by atoms with E-state index in [1.165, 1.54) is 12.3 Å². The number of halogens is 1. The number of carbonyl (C=O) groups is 3. The van der Waals surface area contributed by atoms with Crippen molar-refractivity contribution in [1.29, 1.82) is 0 Å². The SMILES string of the molecule is CC1(C)CC(=O)C(C(=O)C=CNc2ccc(Br)cc2)C(=O)C1. The topological polar surface area (TPSA) is 63.2 Å². The van der Waals surface area contributed by atoms with Gasteiger partial charge in [0.15, 0.2) is 17.3 Å². The molecule has 2 rings (SSSR count). The molecule has 0 aliphatic heterocycles. The lowest BCUT2D eigenvalue weighted by molar-refractivity contribution is -0.143. The Morgan fingerprint density at radius 2 is 1.73 bits per heavy atom. The summed E-state index contributed by atoms with van der Waals surface area (Å²) >= 11 is 3.34. The number of anilines is 1. The molecule has 0 heterocycles. The zero-order valence-electron chi connectivity index (χ0n) is 12.6. The van der Waals surface area contributed by atoms with Gasteiger partial charge >= 0.3 is 0 Å². The number of rotatable bonds is 4. The Labute approximate surface area is 138 Å². The first-order valence-electron chi connectivity index (χ1n) is 7.06. The van der Waals surface area contributed by atoms with Crippen LogP contribution in [0.2, 0.25) is 0 Å². The third-order valence-electron chi connectivity index (χ3n) is 3.58. The summed E-state index contributed by atoms with van der Waals surface area (Å²) in [6, 6.07) is 7.43. The standard InChI is InChI=1S/C17H18BrNO3/c1-17(2)9-14(21)16(15(22)10-17)13(20)7-8-19-12-5-3-11(18)4-6-12/h3-8,16,19H,9-10H2,1-2H3. The van der Waals surface area contributed by atoms with Crippen LogP contribution in [0.25, 0.3) is 0 Å². The van der Waals surface area contributed by atoms with Crippen molar-refractivity contribution in [1.82, 2.24) is 0 Å². The number of carbonyl (C=O) groups excluding carboxylic acids is 3. The van der Waals surface area contributed by atoms with Gasteiger partial charge in [0.1, 0.15) is 5.92 Å². The predicted octanol–water partition coefficient (Wildman–Crippen LogP) is 3.52. The number of Topliss-reactive ketones (excluding diaryl/α,β-unsaturated/α-hetero) is 2. The van der Waals surface area contributed by atoms with E-state index >= 15 is 0 Å². The second-order valence-corrected chi connectivity index (χ2v) is 7.19. The monoisotopic (exact) mass is 363 g/mol. The second-order valence-electron chi connectivity index (χ2n) is 6.27. The minimum absolute atomic E-state index is 0.267. The van der Waals surface area contributed by atoms with Crippen LogP contribution in [-0.2, 0) is 14.4 Å². The van der Waals surface area contributed by atoms with Crippen LogP contribution in [0, 0.1) is 11.3 Å². The lowest BCUT2D eigenvalue weighted by Gasteiger charge is -2.30. The highest BCUT2D eigenvalue weighted by Crippen LogP contribution is 2.34. The zero-order valence-corrected chi connectivity index (χ0v) is 14.1. The molecule has 0 atom stereocenters. The Morgan fingerprint density at radius 3 is 2.27 bits per heavy atom. The van der Waals surface area contributed by atoms with Crippen LogP contribution in [0.5, 0.6) is 0 Å². The molecule has 1 saturated carbocycles. The maximum atomic E-state index is 12.1. The van der Waals surface area contributed by atoms with Crippen LogP contribution in [0.4, 0.5) is 5.69 Å². The Balaban J connectivity index is 1.99. The van der Waals surface area contributed by atoms with E-state index in [4.69, 9.17) is 0 Å². The molecule has 0 bridgehead atoms. The predicted molar refractivity (Wildman–Crippen MR) is 88.4 cm³/mol. The first-order valence-corrected chi connectivity index (χ1v) is 7.86. The molecule has 1 fully saturated rings. The van der Waals surface area contributed by atoms with Crippen molar-refractivity contribution in [3.05, 3.63) is 41.0 Å². The first kappa shape index (κ1) is 16.6. The minimum Gasteiger partial charge on any atom is -0.362 e. The molecule has 1 aromatic rings. The molecule has 0 amide bonds. The van der Waals surface area contributed by atoms with Crippen LogP contribution >= 0.6 is 15.9 Å². The van der Waals surface area contributed by atoms with Crippen molar-refractivity contribution < 1.29 is 14.4 Å². The van der Waals surface area contributed by atoms with Gasteiger partial charge in [0.25, 0.3) is 0 Å². The molecular weight excluding hydrogens is 346 g/mol. The summed E-state index contributed by atoms with van der Waals surface area (Å²) in [6.07, 6.45) is 3.26. The average Bonchev–Trinajstić information content (AvgIpc) is 2.38. The summed E-state index contributed by atoms with van der Waals surface area (Å²) < 4.78 is 0.958. The van der Waals surface area contributed by atoms with E-state index < -0.39 is 11.7 Å². The summed E-state index contributed by atoms with van der Waals surface area (Å²) in [5.74, 6) is -2.13. The van der Waals surface area contributed by atoms with E-state index in [9.17, 15) is 14.4 Å². The fraction of sp³-hybridized carbons (Fsp3) is 0.353. The third kappa shape index (κ3) is 4.13. The molecule has 0 spiro atoms. The van der Waals surface area contributed by atoms with Crippen molar-refractivity contribution in [3.63, 3.8) is 0 Å². The Bertz CT molecular complexity index is 612. The van der Waals surface area contributed by atoms with Gasteiger partial charge < -0.3 is 5.32 Å². The van der Waals surface area contributed by atoms with Gasteiger partial charge in [-0.25, -0.2) is 0 Å². The van der Waals surface area contributed by atoms with Gasteiger partial charge in [-0.1, -0.05) is 29.8 Å². The van der Waals surface area contributed by atoms with Gasteiger partial charge in [0, 0.05) is 29.2 Å². The Kier molecular flexibility index (Phi) is 4.96. The highest BCUT2D eigenvalue weighted by Gasteiger charge is 2.42. The maximum Gasteiger partial charge on any atom is 0.175 e. The van der Waals surface area contributed by atoms with Crippen molar-refractivity contribution in [2.24, 2.45) is 11.3 Å². The molecular formula is C17H18BrNO3. The van der Waals surface area contributed by atoms with E-state index in [0.717, 1.165) is 10.2 Å². The summed E-state index contributed by atoms with van der Waals surface area (Å²) in [6.45, 7) is 3.74. The number of ketones is 3. The normalized spacial score (nSPS) is 18.7. The van der Waals surface area contributed by atoms with Crippen LogP contribution < -0.4 is 5.32 Å². The minimum atomic E-state index is -1.13. The Morgan fingerprint density at radius 1 is 1.18 bits per heavy atom. The molecule has 0 aromatic heterocycles. The molecule has 1 aliphatic carbocycles. The number of hydrogen-bond acceptors (Lipinski definition) is 4. The third-order valence-corrected chi connectivity index (χ3v) is 4.10. The summed E-state index contributed by atoms with van der Waals surface area (Å²) in [5.41, 5.74) is 0.472. The highest BCUT2D eigenvalue weighted by atomic mass is 79.9. The van der Waals surface area contributed by atoms with Crippen molar-refractivity contribution in [2.45, 2.75) is 26.7 Å². The first-order chi connectivity index (χ1) is 10.3. The van der Waals surface area contributed by atoms with E-state index in [-0.39, 0.29) is 29.8 Å². The molecule has 0 saturated heterocycles. The van der Waals surface area contributed by atoms with Crippen LogP contribution in [-0.4, -0.2) is 17.3 Å². The average molecular weight is 364 g/mol.